The summed E-state index contributed by atoms with van der Waals surface area (Å²) in [4.78, 5) is 38.0. The van der Waals surface area contributed by atoms with E-state index in [2.05, 4.69) is 0 Å². The van der Waals surface area contributed by atoms with Crippen LogP contribution < -0.4 is 4.46 Å². The SMILES string of the molecule is CCOC(=O)/C=C1\C[C@@](OC(=O)[Se]c2ccccc2)(C(=O)OC)C[C@H]2O[C@](C)(OC)[C@@](C)(OC)O[C@H]12. The van der Waals surface area contributed by atoms with Crippen molar-refractivity contribution in [3.05, 3.63) is 42.0 Å². The van der Waals surface area contributed by atoms with E-state index in [4.69, 9.17) is 33.2 Å². The van der Waals surface area contributed by atoms with Crippen molar-refractivity contribution >= 4 is 36.2 Å². The Balaban J connectivity index is 2.02. The van der Waals surface area contributed by atoms with Crippen molar-refractivity contribution in [1.29, 1.82) is 0 Å². The van der Waals surface area contributed by atoms with Crippen molar-refractivity contribution in [1.82, 2.24) is 0 Å². The van der Waals surface area contributed by atoms with E-state index in [1.165, 1.54) is 27.4 Å². The van der Waals surface area contributed by atoms with Crippen molar-refractivity contribution < 1.29 is 47.5 Å². The maximum atomic E-state index is 13.1. The van der Waals surface area contributed by atoms with Gasteiger partial charge in [0.05, 0.1) is 0 Å². The Kier molecular flexibility index (Phi) is 8.97. The number of hydrogen-bond acceptors (Lipinski definition) is 10. The molecule has 0 bridgehead atoms. The second-order valence-corrected chi connectivity index (χ2v) is 10.7. The number of rotatable bonds is 8. The molecule has 2 aliphatic rings. The normalized spacial score (nSPS) is 32.9. The standard InChI is InChI=1S/C25H32O10Se/c1-7-32-19(26)13-16-14-25(21(27)29-4,35-22(28)36-17-11-9-8-10-12-17)15-18-20(16)34-24(3,31-6)23(2,30-5)33-18/h8-13,18,20H,7,14-15H2,1-6H3/b16-13+/t18-,20-,23+,24+,25+/m1/s1. The van der Waals surface area contributed by atoms with Gasteiger partial charge in [-0.05, 0) is 0 Å². The van der Waals surface area contributed by atoms with Gasteiger partial charge in [0.25, 0.3) is 0 Å². The average Bonchev–Trinajstić information content (AvgIpc) is 2.85. The Morgan fingerprint density at radius 2 is 1.69 bits per heavy atom. The number of hydrogen-bond donors (Lipinski definition) is 0. The van der Waals surface area contributed by atoms with E-state index in [1.807, 2.05) is 30.3 Å². The van der Waals surface area contributed by atoms with Gasteiger partial charge in [0.1, 0.15) is 0 Å². The first kappa shape index (κ1) is 28.3. The average molecular weight is 571 g/mol. The van der Waals surface area contributed by atoms with Gasteiger partial charge in [0, 0.05) is 0 Å². The van der Waals surface area contributed by atoms with Crippen molar-refractivity contribution in [2.24, 2.45) is 0 Å². The van der Waals surface area contributed by atoms with Gasteiger partial charge in [0.2, 0.25) is 0 Å². The van der Waals surface area contributed by atoms with Crippen molar-refractivity contribution in [3.8, 4) is 0 Å². The molecule has 1 saturated heterocycles. The molecule has 0 aromatic heterocycles. The molecular weight excluding hydrogens is 539 g/mol. The molecule has 0 N–H and O–H groups in total. The van der Waals surface area contributed by atoms with E-state index in [0.717, 1.165) is 4.46 Å². The Bertz CT molecular complexity index is 998. The molecule has 198 valence electrons. The van der Waals surface area contributed by atoms with Crippen LogP contribution in [0, 0.1) is 0 Å². The van der Waals surface area contributed by atoms with Gasteiger partial charge in [-0.1, -0.05) is 0 Å². The van der Waals surface area contributed by atoms with Crippen LogP contribution in [0.3, 0.4) is 0 Å². The molecule has 0 spiro atoms. The fraction of sp³-hybridized carbons (Fsp3) is 0.560. The molecule has 1 saturated carbocycles. The molecule has 1 aromatic rings. The fourth-order valence-electron chi connectivity index (χ4n) is 4.34. The van der Waals surface area contributed by atoms with Gasteiger partial charge in [-0.3, -0.25) is 0 Å². The molecule has 1 aliphatic heterocycles. The molecule has 3 rings (SSSR count). The first-order valence-electron chi connectivity index (χ1n) is 11.4. The number of carbonyl (C=O) groups excluding carboxylic acids is 3. The van der Waals surface area contributed by atoms with Crippen LogP contribution in [0.2, 0.25) is 0 Å². The molecular formula is C25H32O10Se. The van der Waals surface area contributed by atoms with Crippen LogP contribution in [0.25, 0.3) is 0 Å². The first-order chi connectivity index (χ1) is 17.0. The summed E-state index contributed by atoms with van der Waals surface area (Å²) in [5.41, 5.74) is -1.41. The maximum absolute atomic E-state index is 13.1. The molecule has 2 fully saturated rings. The summed E-state index contributed by atoms with van der Waals surface area (Å²) in [7, 11) is 4.10. The molecule has 0 unspecified atom stereocenters. The molecule has 0 amide bonds. The number of esters is 2. The summed E-state index contributed by atoms with van der Waals surface area (Å²) >= 11 is -0.719. The number of ether oxygens (including phenoxy) is 7. The van der Waals surface area contributed by atoms with Gasteiger partial charge in [0.15, 0.2) is 0 Å². The summed E-state index contributed by atoms with van der Waals surface area (Å²) in [5.74, 6) is -4.13. The Labute approximate surface area is 216 Å². The molecule has 10 nitrogen and oxygen atoms in total. The van der Waals surface area contributed by atoms with Gasteiger partial charge in [-0.2, -0.15) is 0 Å². The molecule has 5 atom stereocenters. The van der Waals surface area contributed by atoms with Gasteiger partial charge in [-0.25, -0.2) is 0 Å². The summed E-state index contributed by atoms with van der Waals surface area (Å²) in [6.45, 7) is 5.13. The summed E-state index contributed by atoms with van der Waals surface area (Å²) in [5, 5.41) is 0. The topological polar surface area (TPSA) is 116 Å². The monoisotopic (exact) mass is 572 g/mol. The van der Waals surface area contributed by atoms with Crippen LogP contribution in [0.5, 0.6) is 0 Å². The zero-order chi connectivity index (χ0) is 26.6. The third-order valence-corrected chi connectivity index (χ3v) is 8.02. The number of fused-ring (bicyclic) bond motifs is 1. The van der Waals surface area contributed by atoms with Crippen LogP contribution >= 0.6 is 0 Å². The van der Waals surface area contributed by atoms with Crippen molar-refractivity contribution in [3.63, 3.8) is 0 Å². The van der Waals surface area contributed by atoms with Gasteiger partial charge < -0.3 is 0 Å². The number of methoxy groups -OCH3 is 3. The van der Waals surface area contributed by atoms with Gasteiger partial charge in [-0.15, -0.1) is 0 Å². The molecule has 1 heterocycles. The summed E-state index contributed by atoms with van der Waals surface area (Å²) in [6, 6.07) is 9.09. The number of benzene rings is 1. The molecule has 11 heteroatoms. The first-order valence-corrected chi connectivity index (χ1v) is 13.1. The second-order valence-electron chi connectivity index (χ2n) is 8.60. The van der Waals surface area contributed by atoms with Crippen LogP contribution in [-0.4, -0.2) is 89.1 Å². The van der Waals surface area contributed by atoms with E-state index in [0.29, 0.717) is 5.57 Å². The van der Waals surface area contributed by atoms with Crippen LogP contribution in [-0.2, 0) is 42.7 Å². The third kappa shape index (κ3) is 5.66. The summed E-state index contributed by atoms with van der Waals surface area (Å²) < 4.78 is 40.6. The Hall–Kier alpha value is -2.27. The zero-order valence-electron chi connectivity index (χ0n) is 21.2. The van der Waals surface area contributed by atoms with E-state index in [-0.39, 0.29) is 19.4 Å². The summed E-state index contributed by atoms with van der Waals surface area (Å²) in [6.07, 6.45) is -0.645. The van der Waals surface area contributed by atoms with E-state index >= 15 is 0 Å². The minimum absolute atomic E-state index is 0.0835. The fourth-order valence-corrected chi connectivity index (χ4v) is 5.78. The zero-order valence-corrected chi connectivity index (χ0v) is 22.9. The third-order valence-electron chi connectivity index (χ3n) is 6.43. The Morgan fingerprint density at radius 1 is 1.06 bits per heavy atom. The van der Waals surface area contributed by atoms with E-state index in [1.54, 1.807) is 20.8 Å². The van der Waals surface area contributed by atoms with Crippen molar-refractivity contribution in [2.45, 2.75) is 63.0 Å². The van der Waals surface area contributed by atoms with Gasteiger partial charge >= 0.3 is 217 Å². The quantitative estimate of drug-likeness (QED) is 0.198. The Morgan fingerprint density at radius 3 is 2.28 bits per heavy atom. The predicted molar refractivity (Wildman–Crippen MR) is 128 cm³/mol. The van der Waals surface area contributed by atoms with Crippen LogP contribution in [0.4, 0.5) is 4.79 Å². The molecule has 36 heavy (non-hydrogen) atoms. The van der Waals surface area contributed by atoms with E-state index < -0.39 is 61.1 Å². The predicted octanol–water partition coefficient (Wildman–Crippen LogP) is 1.86. The minimum atomic E-state index is -1.75. The van der Waals surface area contributed by atoms with Crippen molar-refractivity contribution in [2.75, 3.05) is 27.9 Å². The van der Waals surface area contributed by atoms with E-state index in [9.17, 15) is 14.4 Å². The molecule has 0 radical (unpaired) electrons. The molecule has 1 aliphatic carbocycles. The second kappa shape index (κ2) is 11.4. The molecule has 1 aromatic carbocycles. The van der Waals surface area contributed by atoms with Crippen LogP contribution in [0.15, 0.2) is 42.0 Å². The number of carbonyl (C=O) groups is 3. The van der Waals surface area contributed by atoms with Crippen LogP contribution in [0.1, 0.15) is 33.6 Å².